The molecule has 0 amide bonds. The van der Waals surface area contributed by atoms with Crippen LogP contribution in [0.1, 0.15) is 6.42 Å². The van der Waals surface area contributed by atoms with Crippen LogP contribution in [0.2, 0.25) is 0 Å². The third-order valence-corrected chi connectivity index (χ3v) is 2.98. The van der Waals surface area contributed by atoms with E-state index in [-0.39, 0.29) is 12.7 Å². The predicted molar refractivity (Wildman–Crippen MR) is 73.3 cm³/mol. The van der Waals surface area contributed by atoms with Crippen LogP contribution in [0.4, 0.5) is 0 Å². The predicted octanol–water partition coefficient (Wildman–Crippen LogP) is 0.102. The molecule has 1 unspecified atom stereocenters. The molecule has 0 aromatic carbocycles. The van der Waals surface area contributed by atoms with Crippen molar-refractivity contribution < 1.29 is 9.84 Å². The summed E-state index contributed by atoms with van der Waals surface area (Å²) < 4.78 is 5.82. The van der Waals surface area contributed by atoms with Crippen molar-refractivity contribution in [1.82, 2.24) is 15.2 Å². The Labute approximate surface area is 113 Å². The van der Waals surface area contributed by atoms with Crippen LogP contribution in [0.5, 0.6) is 5.88 Å². The van der Waals surface area contributed by atoms with E-state index in [9.17, 15) is 0 Å². The maximum atomic E-state index is 8.83. The average Bonchev–Trinajstić information content (AvgIpc) is 2.89. The Hall–Kier alpha value is -1.82. The molecule has 104 valence electrons. The summed E-state index contributed by atoms with van der Waals surface area (Å²) in [4.78, 5) is 10.5. The van der Waals surface area contributed by atoms with Gasteiger partial charge in [0.1, 0.15) is 6.10 Å². The highest BCUT2D eigenvalue weighted by atomic mass is 16.5. The van der Waals surface area contributed by atoms with Crippen LogP contribution in [-0.4, -0.2) is 60.3 Å². The lowest BCUT2D eigenvalue weighted by atomic mass is 10.3. The van der Waals surface area contributed by atoms with Crippen molar-refractivity contribution in [3.05, 3.63) is 24.4 Å². The maximum Gasteiger partial charge on any atom is 0.213 e. The summed E-state index contributed by atoms with van der Waals surface area (Å²) in [5.41, 5.74) is 0. The molecule has 1 saturated heterocycles. The van der Waals surface area contributed by atoms with Gasteiger partial charge in [0.15, 0.2) is 5.96 Å². The number of hydrogen-bond acceptors (Lipinski definition) is 4. The minimum absolute atomic E-state index is 0.0979. The van der Waals surface area contributed by atoms with Gasteiger partial charge in [-0.1, -0.05) is 6.07 Å². The van der Waals surface area contributed by atoms with Crippen LogP contribution >= 0.6 is 0 Å². The van der Waals surface area contributed by atoms with Crippen molar-refractivity contribution >= 4 is 5.96 Å². The molecule has 0 bridgehead atoms. The average molecular weight is 264 g/mol. The number of likely N-dealkylation sites (tertiary alicyclic amines) is 1. The number of hydrogen-bond donors (Lipinski definition) is 2. The molecule has 2 heterocycles. The summed E-state index contributed by atoms with van der Waals surface area (Å²) in [5.74, 6) is 1.47. The monoisotopic (exact) mass is 264 g/mol. The molecule has 0 radical (unpaired) electrons. The second kappa shape index (κ2) is 6.94. The van der Waals surface area contributed by atoms with Gasteiger partial charge in [0.05, 0.1) is 13.2 Å². The highest BCUT2D eigenvalue weighted by Gasteiger charge is 2.26. The number of nitrogens with one attached hydrogen (secondary N) is 1. The van der Waals surface area contributed by atoms with Crippen molar-refractivity contribution in [3.8, 4) is 5.88 Å². The Kier molecular flexibility index (Phi) is 4.97. The second-order valence-electron chi connectivity index (χ2n) is 4.34. The number of pyridine rings is 1. The first kappa shape index (κ1) is 13.6. The molecule has 2 N–H and O–H groups in total. The van der Waals surface area contributed by atoms with E-state index < -0.39 is 0 Å². The fourth-order valence-electron chi connectivity index (χ4n) is 2.10. The second-order valence-corrected chi connectivity index (χ2v) is 4.34. The molecule has 0 saturated carbocycles. The van der Waals surface area contributed by atoms with Gasteiger partial charge in [0, 0.05) is 38.8 Å². The summed E-state index contributed by atoms with van der Waals surface area (Å²) in [7, 11) is 1.74. The Balaban J connectivity index is 1.85. The zero-order valence-electron chi connectivity index (χ0n) is 11.1. The van der Waals surface area contributed by atoms with Crippen molar-refractivity contribution in [2.75, 3.05) is 33.3 Å². The fraction of sp³-hybridized carbons (Fsp3) is 0.538. The molecule has 2 rings (SSSR count). The van der Waals surface area contributed by atoms with Gasteiger partial charge >= 0.3 is 0 Å². The number of guanidine groups is 1. The normalized spacial score (nSPS) is 19.6. The van der Waals surface area contributed by atoms with E-state index >= 15 is 0 Å². The number of aliphatic hydroxyl groups excluding tert-OH is 1. The van der Waals surface area contributed by atoms with Gasteiger partial charge in [0.25, 0.3) is 0 Å². The summed E-state index contributed by atoms with van der Waals surface area (Å²) >= 11 is 0. The third-order valence-electron chi connectivity index (χ3n) is 2.98. The van der Waals surface area contributed by atoms with Crippen LogP contribution in [0.3, 0.4) is 0 Å². The Morgan fingerprint density at radius 3 is 3.21 bits per heavy atom. The molecule has 6 heteroatoms. The lowest BCUT2D eigenvalue weighted by molar-refractivity contribution is 0.205. The van der Waals surface area contributed by atoms with Gasteiger partial charge in [0.2, 0.25) is 5.88 Å². The first-order valence-electron chi connectivity index (χ1n) is 6.47. The van der Waals surface area contributed by atoms with Crippen molar-refractivity contribution in [2.24, 2.45) is 4.99 Å². The highest BCUT2D eigenvalue weighted by molar-refractivity contribution is 5.80. The van der Waals surface area contributed by atoms with E-state index in [1.165, 1.54) is 0 Å². The smallest absolute Gasteiger partial charge is 0.213 e. The van der Waals surface area contributed by atoms with E-state index in [0.717, 1.165) is 25.5 Å². The summed E-state index contributed by atoms with van der Waals surface area (Å²) in [6.07, 6.45) is 2.79. The Morgan fingerprint density at radius 1 is 1.63 bits per heavy atom. The molecule has 0 spiro atoms. The van der Waals surface area contributed by atoms with Crippen LogP contribution < -0.4 is 10.1 Å². The van der Waals surface area contributed by atoms with Gasteiger partial charge < -0.3 is 20.1 Å². The summed E-state index contributed by atoms with van der Waals surface area (Å²) in [6.45, 7) is 2.28. The number of aliphatic hydroxyl groups is 1. The lowest BCUT2D eigenvalue weighted by Crippen LogP contribution is -2.41. The zero-order valence-corrected chi connectivity index (χ0v) is 11.1. The zero-order chi connectivity index (χ0) is 13.5. The molecule has 1 atom stereocenters. The molecular weight excluding hydrogens is 244 g/mol. The van der Waals surface area contributed by atoms with Gasteiger partial charge in [-0.25, -0.2) is 4.98 Å². The molecule has 19 heavy (non-hydrogen) atoms. The molecule has 1 aliphatic heterocycles. The molecule has 1 aromatic rings. The van der Waals surface area contributed by atoms with Crippen LogP contribution in [-0.2, 0) is 0 Å². The number of nitrogens with zero attached hydrogens (tertiary/aromatic N) is 3. The van der Waals surface area contributed by atoms with Gasteiger partial charge in [-0.15, -0.1) is 0 Å². The summed E-state index contributed by atoms with van der Waals surface area (Å²) in [6, 6.07) is 5.65. The minimum atomic E-state index is 0.0979. The van der Waals surface area contributed by atoms with Crippen LogP contribution in [0.15, 0.2) is 29.4 Å². The van der Waals surface area contributed by atoms with E-state index in [2.05, 4.69) is 20.2 Å². The first-order chi connectivity index (χ1) is 9.33. The van der Waals surface area contributed by atoms with Gasteiger partial charge in [-0.2, -0.15) is 0 Å². The third kappa shape index (κ3) is 3.82. The standard InChI is InChI=1S/C13H20N4O2/c1-14-13(16-7-9-18)17-8-5-11(10-17)19-12-4-2-3-6-15-12/h2-4,6,11,18H,5,7-10H2,1H3,(H,14,16). The SMILES string of the molecule is CN=C(NCCO)N1CCC(Oc2ccccn2)C1. The Bertz CT molecular complexity index is 410. The largest absolute Gasteiger partial charge is 0.472 e. The fourth-order valence-corrected chi connectivity index (χ4v) is 2.10. The van der Waals surface area contributed by atoms with Crippen molar-refractivity contribution in [2.45, 2.75) is 12.5 Å². The van der Waals surface area contributed by atoms with E-state index in [0.29, 0.717) is 12.4 Å². The molecule has 1 aromatic heterocycles. The maximum absolute atomic E-state index is 8.83. The quantitative estimate of drug-likeness (QED) is 0.596. The molecule has 0 aliphatic carbocycles. The number of aromatic nitrogens is 1. The minimum Gasteiger partial charge on any atom is -0.472 e. The van der Waals surface area contributed by atoms with Gasteiger partial charge in [-0.05, 0) is 6.07 Å². The molecule has 1 fully saturated rings. The van der Waals surface area contributed by atoms with Crippen molar-refractivity contribution in [1.29, 1.82) is 0 Å². The Morgan fingerprint density at radius 2 is 2.53 bits per heavy atom. The molecule has 6 nitrogen and oxygen atoms in total. The number of ether oxygens (including phenoxy) is 1. The van der Waals surface area contributed by atoms with Crippen LogP contribution in [0.25, 0.3) is 0 Å². The number of aliphatic imine (C=N–C) groups is 1. The van der Waals surface area contributed by atoms with E-state index in [4.69, 9.17) is 9.84 Å². The van der Waals surface area contributed by atoms with Crippen molar-refractivity contribution in [3.63, 3.8) is 0 Å². The van der Waals surface area contributed by atoms with E-state index in [1.54, 1.807) is 13.2 Å². The summed E-state index contributed by atoms with van der Waals surface area (Å²) in [5, 5.41) is 11.9. The van der Waals surface area contributed by atoms with Crippen LogP contribution in [0, 0.1) is 0 Å². The lowest BCUT2D eigenvalue weighted by Gasteiger charge is -2.21. The van der Waals surface area contributed by atoms with Gasteiger partial charge in [-0.3, -0.25) is 4.99 Å². The molecule has 1 aliphatic rings. The number of rotatable bonds is 4. The first-order valence-corrected chi connectivity index (χ1v) is 6.47. The topological polar surface area (TPSA) is 70.0 Å². The highest BCUT2D eigenvalue weighted by Crippen LogP contribution is 2.15. The van der Waals surface area contributed by atoms with E-state index in [1.807, 2.05) is 18.2 Å². The molecular formula is C13H20N4O2.